The Bertz CT molecular complexity index is 604. The molecule has 19 heavy (non-hydrogen) atoms. The van der Waals surface area contributed by atoms with Gasteiger partial charge in [0.25, 0.3) is 0 Å². The largest absolute Gasteiger partial charge is 0.350 e. The van der Waals surface area contributed by atoms with Crippen LogP contribution in [0.2, 0.25) is 5.15 Å². The van der Waals surface area contributed by atoms with Crippen LogP contribution in [0, 0.1) is 0 Å². The van der Waals surface area contributed by atoms with Gasteiger partial charge in [0.1, 0.15) is 0 Å². The van der Waals surface area contributed by atoms with E-state index in [0.29, 0.717) is 16.4 Å². The van der Waals surface area contributed by atoms with Crippen molar-refractivity contribution in [1.82, 2.24) is 10.2 Å². The van der Waals surface area contributed by atoms with Gasteiger partial charge in [-0.25, -0.2) is 0 Å². The number of aromatic nitrogens is 2. The van der Waals surface area contributed by atoms with Gasteiger partial charge >= 0.3 is 0 Å². The monoisotopic (exact) mass is 293 g/mol. The van der Waals surface area contributed by atoms with Crippen molar-refractivity contribution in [3.05, 3.63) is 29.4 Å². The molecule has 0 saturated carbocycles. The zero-order valence-electron chi connectivity index (χ0n) is 11.0. The van der Waals surface area contributed by atoms with E-state index in [1.165, 1.54) is 0 Å². The molecule has 0 aliphatic carbocycles. The molecular formula is C14H16ClN3S. The van der Waals surface area contributed by atoms with E-state index in [1.54, 1.807) is 0 Å². The number of thioether (sulfide) groups is 1. The molecule has 3 rings (SSSR count). The van der Waals surface area contributed by atoms with E-state index in [2.05, 4.69) is 35.0 Å². The molecule has 1 aliphatic rings. The number of halogens is 1. The van der Waals surface area contributed by atoms with Gasteiger partial charge in [0, 0.05) is 34.4 Å². The lowest BCUT2D eigenvalue weighted by Crippen LogP contribution is -2.45. The van der Waals surface area contributed by atoms with Crippen molar-refractivity contribution < 1.29 is 0 Å². The second kappa shape index (κ2) is 5.17. The third-order valence-electron chi connectivity index (χ3n) is 3.78. The third kappa shape index (κ3) is 2.28. The van der Waals surface area contributed by atoms with Gasteiger partial charge in [0.15, 0.2) is 11.0 Å². The third-order valence-corrected chi connectivity index (χ3v) is 5.40. The van der Waals surface area contributed by atoms with Crippen LogP contribution in [0.25, 0.3) is 10.8 Å². The van der Waals surface area contributed by atoms with E-state index in [0.717, 1.165) is 28.9 Å². The standard InChI is InChI=1S/C14H16ClN3S/c1-9-10(2)19-8-7-18(9)14-12-6-4-3-5-11(12)13(15)16-17-14/h3-6,9-10H,7-8H2,1-2H3. The van der Waals surface area contributed by atoms with Crippen molar-refractivity contribution in [3.8, 4) is 0 Å². The van der Waals surface area contributed by atoms with Gasteiger partial charge in [-0.2, -0.15) is 11.8 Å². The van der Waals surface area contributed by atoms with Crippen molar-refractivity contribution in [1.29, 1.82) is 0 Å². The van der Waals surface area contributed by atoms with Crippen LogP contribution in [0.1, 0.15) is 13.8 Å². The molecule has 1 aliphatic heterocycles. The summed E-state index contributed by atoms with van der Waals surface area (Å²) in [4.78, 5) is 2.35. The Kier molecular flexibility index (Phi) is 3.54. The molecule has 2 aromatic rings. The van der Waals surface area contributed by atoms with Crippen molar-refractivity contribution >= 4 is 40.0 Å². The molecule has 0 radical (unpaired) electrons. The minimum atomic E-state index is 0.456. The van der Waals surface area contributed by atoms with Gasteiger partial charge < -0.3 is 4.90 Å². The summed E-state index contributed by atoms with van der Waals surface area (Å²) in [6.45, 7) is 5.53. The van der Waals surface area contributed by atoms with Gasteiger partial charge in [-0.15, -0.1) is 10.2 Å². The first kappa shape index (κ1) is 13.0. The molecule has 1 saturated heterocycles. The lowest BCUT2D eigenvalue weighted by atomic mass is 10.1. The SMILES string of the molecule is CC1SCCN(c2nnc(Cl)c3ccccc23)C1C. The fraction of sp³-hybridized carbons (Fsp3) is 0.429. The van der Waals surface area contributed by atoms with E-state index in [-0.39, 0.29) is 0 Å². The highest BCUT2D eigenvalue weighted by molar-refractivity contribution is 8.00. The number of rotatable bonds is 1. The number of benzene rings is 1. The van der Waals surface area contributed by atoms with Crippen LogP contribution in [-0.4, -0.2) is 33.8 Å². The van der Waals surface area contributed by atoms with Crippen LogP contribution >= 0.6 is 23.4 Å². The number of fused-ring (bicyclic) bond motifs is 1. The maximum atomic E-state index is 6.14. The first-order valence-electron chi connectivity index (χ1n) is 6.47. The highest BCUT2D eigenvalue weighted by Crippen LogP contribution is 2.33. The lowest BCUT2D eigenvalue weighted by molar-refractivity contribution is 0.619. The molecule has 2 unspecified atom stereocenters. The molecule has 0 amide bonds. The summed E-state index contributed by atoms with van der Waals surface area (Å²) in [5.74, 6) is 2.09. The van der Waals surface area contributed by atoms with Crippen molar-refractivity contribution in [2.75, 3.05) is 17.2 Å². The average molecular weight is 294 g/mol. The van der Waals surface area contributed by atoms with Crippen LogP contribution in [0.15, 0.2) is 24.3 Å². The van der Waals surface area contributed by atoms with Crippen LogP contribution in [0.5, 0.6) is 0 Å². The molecule has 2 atom stereocenters. The summed E-state index contributed by atoms with van der Waals surface area (Å²) in [6.07, 6.45) is 0. The normalized spacial score (nSPS) is 23.8. The van der Waals surface area contributed by atoms with Gasteiger partial charge in [-0.1, -0.05) is 42.8 Å². The molecule has 0 N–H and O–H groups in total. The second-order valence-corrected chi connectivity index (χ2v) is 6.71. The molecular weight excluding hydrogens is 278 g/mol. The predicted octanol–water partition coefficient (Wildman–Crippen LogP) is 3.61. The molecule has 1 aromatic carbocycles. The second-order valence-electron chi connectivity index (χ2n) is 4.87. The van der Waals surface area contributed by atoms with Gasteiger partial charge in [0.2, 0.25) is 0 Å². The van der Waals surface area contributed by atoms with Crippen LogP contribution < -0.4 is 4.90 Å². The molecule has 0 spiro atoms. The van der Waals surface area contributed by atoms with Crippen molar-refractivity contribution in [3.63, 3.8) is 0 Å². The molecule has 3 nitrogen and oxygen atoms in total. The molecule has 1 aromatic heterocycles. The van der Waals surface area contributed by atoms with E-state index in [4.69, 9.17) is 11.6 Å². The minimum Gasteiger partial charge on any atom is -0.350 e. The first-order valence-corrected chi connectivity index (χ1v) is 7.90. The number of hydrogen-bond acceptors (Lipinski definition) is 4. The maximum Gasteiger partial charge on any atom is 0.159 e. The average Bonchev–Trinajstić information content (AvgIpc) is 2.43. The molecule has 0 bridgehead atoms. The fourth-order valence-corrected chi connectivity index (χ4v) is 3.80. The summed E-state index contributed by atoms with van der Waals surface area (Å²) in [7, 11) is 0. The Morgan fingerprint density at radius 1 is 1.21 bits per heavy atom. The summed E-state index contributed by atoms with van der Waals surface area (Å²) in [6, 6.07) is 8.54. The Balaban J connectivity index is 2.12. The topological polar surface area (TPSA) is 29.0 Å². The Hall–Kier alpha value is -1.00. The van der Waals surface area contributed by atoms with Gasteiger partial charge in [-0.05, 0) is 6.92 Å². The van der Waals surface area contributed by atoms with Crippen LogP contribution in [-0.2, 0) is 0 Å². The molecule has 100 valence electrons. The summed E-state index contributed by atoms with van der Waals surface area (Å²) >= 11 is 8.15. The summed E-state index contributed by atoms with van der Waals surface area (Å²) in [5.41, 5.74) is 0. The molecule has 5 heteroatoms. The minimum absolute atomic E-state index is 0.456. The quantitative estimate of drug-likeness (QED) is 0.803. The number of anilines is 1. The Morgan fingerprint density at radius 2 is 1.95 bits per heavy atom. The van der Waals surface area contributed by atoms with Crippen molar-refractivity contribution in [2.24, 2.45) is 0 Å². The first-order chi connectivity index (χ1) is 9.18. The van der Waals surface area contributed by atoms with E-state index < -0.39 is 0 Å². The van der Waals surface area contributed by atoms with E-state index in [1.807, 2.05) is 30.0 Å². The summed E-state index contributed by atoms with van der Waals surface area (Å²) in [5, 5.41) is 11.6. The zero-order valence-corrected chi connectivity index (χ0v) is 12.6. The Labute approximate surface area is 122 Å². The smallest absolute Gasteiger partial charge is 0.159 e. The van der Waals surface area contributed by atoms with E-state index >= 15 is 0 Å². The Morgan fingerprint density at radius 3 is 2.74 bits per heavy atom. The fourth-order valence-electron chi connectivity index (χ4n) is 2.50. The maximum absolute atomic E-state index is 6.14. The van der Waals surface area contributed by atoms with Crippen LogP contribution in [0.4, 0.5) is 5.82 Å². The van der Waals surface area contributed by atoms with Gasteiger partial charge in [-0.3, -0.25) is 0 Å². The molecule has 1 fully saturated rings. The van der Waals surface area contributed by atoms with Crippen molar-refractivity contribution in [2.45, 2.75) is 25.1 Å². The van der Waals surface area contributed by atoms with Crippen LogP contribution in [0.3, 0.4) is 0 Å². The highest BCUT2D eigenvalue weighted by Gasteiger charge is 2.27. The number of hydrogen-bond donors (Lipinski definition) is 0. The number of nitrogens with zero attached hydrogens (tertiary/aromatic N) is 3. The highest BCUT2D eigenvalue weighted by atomic mass is 35.5. The zero-order chi connectivity index (χ0) is 13.4. The summed E-state index contributed by atoms with van der Waals surface area (Å²) < 4.78 is 0. The lowest BCUT2D eigenvalue weighted by Gasteiger charge is -2.38. The predicted molar refractivity (Wildman–Crippen MR) is 83.3 cm³/mol. The van der Waals surface area contributed by atoms with E-state index in [9.17, 15) is 0 Å². The molecule has 2 heterocycles. The van der Waals surface area contributed by atoms with Gasteiger partial charge in [0.05, 0.1) is 0 Å².